The zero-order valence-corrected chi connectivity index (χ0v) is 12.2. The summed E-state index contributed by atoms with van der Waals surface area (Å²) in [5.41, 5.74) is -1.32. The van der Waals surface area contributed by atoms with Gasteiger partial charge in [-0.15, -0.1) is 10.1 Å². The monoisotopic (exact) mass is 313 g/mol. The van der Waals surface area contributed by atoms with Crippen LogP contribution in [0.15, 0.2) is 9.59 Å². The van der Waals surface area contributed by atoms with Gasteiger partial charge in [0.1, 0.15) is 0 Å². The van der Waals surface area contributed by atoms with Crippen LogP contribution in [-0.2, 0) is 13.6 Å². The van der Waals surface area contributed by atoms with E-state index in [9.17, 15) is 19.7 Å². The highest BCUT2D eigenvalue weighted by Gasteiger charge is 2.23. The molecule has 0 atom stereocenters. The van der Waals surface area contributed by atoms with Crippen molar-refractivity contribution in [2.24, 2.45) is 7.05 Å². The first-order chi connectivity index (χ1) is 10.3. The highest BCUT2D eigenvalue weighted by Crippen LogP contribution is 2.19. The van der Waals surface area contributed by atoms with Gasteiger partial charge in [0.25, 0.3) is 11.6 Å². The molecular formula is C11H15N5O6. The molecule has 11 heteroatoms. The standard InChI is InChI=1S/C11H15N5O6/c1-6(2)15-8-7(9(18)13(3)11(15)19)14(4-5-17)10(12-8)22-16(20)21/h6,17H,4-5H2,1-3H3. The first-order valence-corrected chi connectivity index (χ1v) is 6.44. The molecule has 22 heavy (non-hydrogen) atoms. The van der Waals surface area contributed by atoms with Crippen LogP contribution >= 0.6 is 0 Å². The molecule has 2 rings (SSSR count). The third-order valence-corrected chi connectivity index (χ3v) is 3.14. The first-order valence-electron chi connectivity index (χ1n) is 6.44. The number of hydrogen-bond acceptors (Lipinski definition) is 7. The maximum Gasteiger partial charge on any atom is 0.332 e. The summed E-state index contributed by atoms with van der Waals surface area (Å²) in [6.45, 7) is 2.91. The van der Waals surface area contributed by atoms with E-state index in [1.807, 2.05) is 0 Å². The van der Waals surface area contributed by atoms with E-state index in [-0.39, 0.29) is 30.4 Å². The Morgan fingerprint density at radius 1 is 1.41 bits per heavy atom. The Bertz CT molecular complexity index is 845. The summed E-state index contributed by atoms with van der Waals surface area (Å²) in [4.78, 5) is 43.3. The predicted octanol–water partition coefficient (Wildman–Crippen LogP) is -0.960. The fourth-order valence-corrected chi connectivity index (χ4v) is 2.21. The molecule has 0 radical (unpaired) electrons. The quantitative estimate of drug-likeness (QED) is 0.555. The van der Waals surface area contributed by atoms with Crippen LogP contribution in [0.1, 0.15) is 19.9 Å². The number of nitrogens with zero attached hydrogens (tertiary/aromatic N) is 5. The van der Waals surface area contributed by atoms with Gasteiger partial charge >= 0.3 is 10.8 Å². The molecule has 0 aliphatic carbocycles. The molecule has 0 unspecified atom stereocenters. The van der Waals surface area contributed by atoms with Crippen molar-refractivity contribution in [3.63, 3.8) is 0 Å². The van der Waals surface area contributed by atoms with Crippen molar-refractivity contribution >= 4 is 11.2 Å². The molecule has 0 aliphatic rings. The number of fused-ring (bicyclic) bond motifs is 1. The molecule has 2 aromatic heterocycles. The molecule has 0 saturated carbocycles. The van der Waals surface area contributed by atoms with Crippen LogP contribution < -0.4 is 16.1 Å². The SMILES string of the molecule is CC(C)n1c(=O)n(C)c(=O)c2c1nc(O[N+](=O)[O-])n2CCO. The van der Waals surface area contributed by atoms with Gasteiger partial charge in [-0.05, 0) is 13.8 Å². The van der Waals surface area contributed by atoms with Crippen molar-refractivity contribution in [2.75, 3.05) is 6.61 Å². The van der Waals surface area contributed by atoms with Gasteiger partial charge in [-0.3, -0.25) is 18.5 Å². The number of imidazole rings is 1. The summed E-state index contributed by atoms with van der Waals surface area (Å²) in [6.07, 6.45) is 0. The number of aromatic nitrogens is 4. The van der Waals surface area contributed by atoms with Crippen LogP contribution in [0.2, 0.25) is 0 Å². The van der Waals surface area contributed by atoms with E-state index in [0.29, 0.717) is 0 Å². The molecule has 1 N–H and O–H groups in total. The molecule has 0 bridgehead atoms. The Hall–Kier alpha value is -2.69. The molecule has 0 saturated heterocycles. The van der Waals surface area contributed by atoms with Gasteiger partial charge in [-0.1, -0.05) is 0 Å². The van der Waals surface area contributed by atoms with E-state index in [4.69, 9.17) is 5.11 Å². The van der Waals surface area contributed by atoms with Gasteiger partial charge < -0.3 is 5.11 Å². The van der Waals surface area contributed by atoms with Crippen molar-refractivity contribution in [2.45, 2.75) is 26.4 Å². The molecule has 0 spiro atoms. The second kappa shape index (κ2) is 5.60. The topological polar surface area (TPSA) is 134 Å². The Morgan fingerprint density at radius 2 is 2.05 bits per heavy atom. The minimum Gasteiger partial charge on any atom is -0.395 e. The van der Waals surface area contributed by atoms with Gasteiger partial charge in [0.2, 0.25) is 0 Å². The maximum absolute atomic E-state index is 12.3. The number of rotatable bonds is 5. The molecule has 0 aromatic carbocycles. The molecule has 0 amide bonds. The van der Waals surface area contributed by atoms with Crippen LogP contribution in [0, 0.1) is 10.1 Å². The zero-order chi connectivity index (χ0) is 16.6. The minimum atomic E-state index is -1.07. The molecule has 11 nitrogen and oxygen atoms in total. The number of hydrogen-bond donors (Lipinski definition) is 1. The van der Waals surface area contributed by atoms with Gasteiger partial charge in [0, 0.05) is 19.6 Å². The normalized spacial score (nSPS) is 11.3. The Labute approximate surface area is 123 Å². The van der Waals surface area contributed by atoms with Crippen molar-refractivity contribution in [1.82, 2.24) is 18.7 Å². The summed E-state index contributed by atoms with van der Waals surface area (Å²) in [6, 6.07) is -0.797. The smallest absolute Gasteiger partial charge is 0.332 e. The number of aliphatic hydroxyl groups excluding tert-OH is 1. The number of aliphatic hydroxyl groups is 1. The fraction of sp³-hybridized carbons (Fsp3) is 0.545. The summed E-state index contributed by atoms with van der Waals surface area (Å²) < 4.78 is 3.20. The van der Waals surface area contributed by atoms with Gasteiger partial charge in [0.15, 0.2) is 11.2 Å². The van der Waals surface area contributed by atoms with Crippen LogP contribution in [0.25, 0.3) is 11.2 Å². The third kappa shape index (κ3) is 2.35. The van der Waals surface area contributed by atoms with Crippen molar-refractivity contribution in [3.05, 3.63) is 31.0 Å². The molecule has 0 fully saturated rings. The fourth-order valence-electron chi connectivity index (χ4n) is 2.21. The lowest BCUT2D eigenvalue weighted by atomic mass is 10.3. The van der Waals surface area contributed by atoms with E-state index in [1.165, 1.54) is 11.6 Å². The van der Waals surface area contributed by atoms with E-state index < -0.39 is 22.3 Å². The Balaban J connectivity index is 2.97. The molecule has 2 aromatic rings. The molecular weight excluding hydrogens is 298 g/mol. The highest BCUT2D eigenvalue weighted by molar-refractivity contribution is 5.72. The molecule has 0 aliphatic heterocycles. The van der Waals surface area contributed by atoms with E-state index in [2.05, 4.69) is 9.82 Å². The maximum atomic E-state index is 12.3. The summed E-state index contributed by atoms with van der Waals surface area (Å²) >= 11 is 0. The Morgan fingerprint density at radius 3 is 2.55 bits per heavy atom. The third-order valence-electron chi connectivity index (χ3n) is 3.14. The lowest BCUT2D eigenvalue weighted by Crippen LogP contribution is -2.39. The minimum absolute atomic E-state index is 0.0200. The first kappa shape index (κ1) is 15.7. The highest BCUT2D eigenvalue weighted by atomic mass is 17.0. The second-order valence-corrected chi connectivity index (χ2v) is 4.87. The van der Waals surface area contributed by atoms with Crippen molar-refractivity contribution < 1.29 is 15.0 Å². The lowest BCUT2D eigenvalue weighted by molar-refractivity contribution is -0.713. The lowest BCUT2D eigenvalue weighted by Gasteiger charge is -2.12. The summed E-state index contributed by atoms with van der Waals surface area (Å²) in [5, 5.41) is 18.6. The predicted molar refractivity (Wildman–Crippen MR) is 74.3 cm³/mol. The zero-order valence-electron chi connectivity index (χ0n) is 12.2. The average Bonchev–Trinajstić information content (AvgIpc) is 2.74. The van der Waals surface area contributed by atoms with Crippen LogP contribution in [0.4, 0.5) is 0 Å². The van der Waals surface area contributed by atoms with Gasteiger partial charge in [0.05, 0.1) is 6.61 Å². The summed E-state index contributed by atoms with van der Waals surface area (Å²) in [5.74, 6) is 0. The van der Waals surface area contributed by atoms with E-state index >= 15 is 0 Å². The van der Waals surface area contributed by atoms with E-state index in [0.717, 1.165) is 9.13 Å². The molecule has 120 valence electrons. The summed E-state index contributed by atoms with van der Waals surface area (Å²) in [7, 11) is 1.30. The largest absolute Gasteiger partial charge is 0.395 e. The van der Waals surface area contributed by atoms with Crippen LogP contribution in [0.3, 0.4) is 0 Å². The average molecular weight is 313 g/mol. The van der Waals surface area contributed by atoms with Crippen molar-refractivity contribution in [3.8, 4) is 6.01 Å². The Kier molecular flexibility index (Phi) is 3.99. The van der Waals surface area contributed by atoms with Crippen LogP contribution in [-0.4, -0.2) is 35.5 Å². The van der Waals surface area contributed by atoms with Gasteiger partial charge in [-0.2, -0.15) is 4.98 Å². The van der Waals surface area contributed by atoms with Crippen molar-refractivity contribution in [1.29, 1.82) is 0 Å². The van der Waals surface area contributed by atoms with E-state index in [1.54, 1.807) is 13.8 Å². The van der Waals surface area contributed by atoms with Gasteiger partial charge in [-0.25, -0.2) is 9.63 Å². The second-order valence-electron chi connectivity index (χ2n) is 4.87. The van der Waals surface area contributed by atoms with Crippen LogP contribution in [0.5, 0.6) is 6.01 Å². The molecule has 2 heterocycles.